The van der Waals surface area contributed by atoms with E-state index in [-0.39, 0.29) is 28.0 Å². The van der Waals surface area contributed by atoms with Gasteiger partial charge in [-0.05, 0) is 37.8 Å². The van der Waals surface area contributed by atoms with Gasteiger partial charge >= 0.3 is 11.6 Å². The van der Waals surface area contributed by atoms with Crippen LogP contribution in [0.3, 0.4) is 0 Å². The van der Waals surface area contributed by atoms with Crippen LogP contribution in [0.5, 0.6) is 5.88 Å². The minimum absolute atomic E-state index is 0.0118. The molecule has 1 fully saturated rings. The lowest BCUT2D eigenvalue weighted by Crippen LogP contribution is -2.39. The Balaban J connectivity index is 1.55. The molecule has 0 radical (unpaired) electrons. The highest BCUT2D eigenvalue weighted by molar-refractivity contribution is 6.39. The van der Waals surface area contributed by atoms with Gasteiger partial charge in [-0.25, -0.2) is 9.67 Å². The van der Waals surface area contributed by atoms with Gasteiger partial charge in [0.1, 0.15) is 21.4 Å². The summed E-state index contributed by atoms with van der Waals surface area (Å²) in [5, 5.41) is 20.7. The van der Waals surface area contributed by atoms with E-state index in [0.29, 0.717) is 42.9 Å². The van der Waals surface area contributed by atoms with Crippen LogP contribution in [0.2, 0.25) is 10.4 Å². The summed E-state index contributed by atoms with van der Waals surface area (Å²) in [6.45, 7) is 3.31. The van der Waals surface area contributed by atoms with E-state index in [1.165, 1.54) is 6.20 Å². The molecule has 0 aliphatic carbocycles. The summed E-state index contributed by atoms with van der Waals surface area (Å²) in [6, 6.07) is 0.0462. The second-order valence-corrected chi connectivity index (χ2v) is 8.98. The van der Waals surface area contributed by atoms with E-state index in [4.69, 9.17) is 32.7 Å². The molecule has 4 rings (SSSR count). The van der Waals surface area contributed by atoms with Crippen LogP contribution in [0.25, 0.3) is 11.0 Å². The standard InChI is InChI=1S/C17H21B2Cl2N7O4/c1-9-12(28(29)30)15(25-27(9)10-2-6-31-7-3-10)32-17(18,19)4-5-26-14-11(13(20)24-26)8-22-16(21)23-14/h8,10H,2-7,18-19H2,1H3. The molecule has 0 atom stereocenters. The molecule has 0 aromatic carbocycles. The number of rotatable bonds is 7. The summed E-state index contributed by atoms with van der Waals surface area (Å²) in [6.07, 6.45) is 3.48. The lowest BCUT2D eigenvalue weighted by molar-refractivity contribution is -0.386. The highest BCUT2D eigenvalue weighted by atomic mass is 35.5. The number of halogens is 2. The van der Waals surface area contributed by atoms with Crippen molar-refractivity contribution in [2.24, 2.45) is 0 Å². The Morgan fingerprint density at radius 2 is 2.06 bits per heavy atom. The normalized spacial score (nSPS) is 15.3. The minimum Gasteiger partial charge on any atom is -0.484 e. The van der Waals surface area contributed by atoms with E-state index in [0.717, 1.165) is 12.8 Å². The van der Waals surface area contributed by atoms with Crippen LogP contribution in [-0.2, 0) is 11.3 Å². The van der Waals surface area contributed by atoms with Crippen molar-refractivity contribution in [1.29, 1.82) is 0 Å². The van der Waals surface area contributed by atoms with Gasteiger partial charge in [-0.1, -0.05) is 11.6 Å². The van der Waals surface area contributed by atoms with Crippen molar-refractivity contribution in [3.63, 3.8) is 0 Å². The molecule has 4 heterocycles. The van der Waals surface area contributed by atoms with Crippen LogP contribution in [0, 0.1) is 17.0 Å². The minimum atomic E-state index is -0.784. The first kappa shape index (κ1) is 22.8. The fraction of sp³-hybridized carbons (Fsp3) is 0.529. The number of aromatic nitrogens is 6. The van der Waals surface area contributed by atoms with Crippen molar-refractivity contribution in [2.45, 2.75) is 44.2 Å². The highest BCUT2D eigenvalue weighted by Crippen LogP contribution is 2.35. The molecule has 3 aromatic rings. The van der Waals surface area contributed by atoms with E-state index in [2.05, 4.69) is 20.2 Å². The summed E-state index contributed by atoms with van der Waals surface area (Å²) < 4.78 is 14.8. The Kier molecular flexibility index (Phi) is 6.33. The maximum Gasteiger partial charge on any atom is 0.352 e. The Bertz CT molecular complexity index is 1160. The first-order valence-electron chi connectivity index (χ1n) is 10.2. The summed E-state index contributed by atoms with van der Waals surface area (Å²) in [5.41, 5.74) is 0.872. The first-order valence-corrected chi connectivity index (χ1v) is 11.0. The molecule has 0 N–H and O–H groups in total. The van der Waals surface area contributed by atoms with E-state index in [1.807, 2.05) is 15.7 Å². The summed E-state index contributed by atoms with van der Waals surface area (Å²) in [7, 11) is 3.68. The number of fused-ring (bicyclic) bond motifs is 1. The van der Waals surface area contributed by atoms with Gasteiger partial charge < -0.3 is 9.47 Å². The zero-order valence-electron chi connectivity index (χ0n) is 17.9. The maximum absolute atomic E-state index is 11.8. The molecule has 1 aliphatic heterocycles. The average Bonchev–Trinajstić information content (AvgIpc) is 3.23. The van der Waals surface area contributed by atoms with Crippen molar-refractivity contribution in [1.82, 2.24) is 29.5 Å². The van der Waals surface area contributed by atoms with Gasteiger partial charge in [0.05, 0.1) is 16.4 Å². The van der Waals surface area contributed by atoms with Gasteiger partial charge in [0.2, 0.25) is 5.28 Å². The smallest absolute Gasteiger partial charge is 0.352 e. The van der Waals surface area contributed by atoms with E-state index in [9.17, 15) is 10.1 Å². The second-order valence-electron chi connectivity index (χ2n) is 8.29. The molecule has 3 aromatic heterocycles. The van der Waals surface area contributed by atoms with Gasteiger partial charge in [0, 0.05) is 31.4 Å². The number of ether oxygens (including phenoxy) is 2. The molecule has 0 saturated carbocycles. The quantitative estimate of drug-likeness (QED) is 0.215. The third kappa shape index (κ3) is 4.55. The molecule has 0 unspecified atom stereocenters. The Morgan fingerprint density at radius 3 is 2.75 bits per heavy atom. The van der Waals surface area contributed by atoms with Crippen LogP contribution in [-0.4, -0.2) is 68.8 Å². The van der Waals surface area contributed by atoms with Crippen molar-refractivity contribution >= 4 is 55.6 Å². The zero-order chi connectivity index (χ0) is 23.0. The molecule has 1 aliphatic rings. The van der Waals surface area contributed by atoms with Gasteiger partial charge in [-0.3, -0.25) is 14.8 Å². The molecule has 0 bridgehead atoms. The van der Waals surface area contributed by atoms with Gasteiger partial charge in [0.15, 0.2) is 10.8 Å². The average molecular weight is 480 g/mol. The molecule has 1 saturated heterocycles. The topological polar surface area (TPSA) is 123 Å². The van der Waals surface area contributed by atoms with Crippen molar-refractivity contribution in [3.05, 3.63) is 32.4 Å². The van der Waals surface area contributed by atoms with Crippen LogP contribution < -0.4 is 4.74 Å². The zero-order valence-corrected chi connectivity index (χ0v) is 19.4. The number of hydrogen-bond acceptors (Lipinski definition) is 8. The van der Waals surface area contributed by atoms with Crippen LogP contribution in [0.15, 0.2) is 6.20 Å². The third-order valence-corrected chi connectivity index (χ3v) is 5.98. The monoisotopic (exact) mass is 479 g/mol. The molecule has 15 heteroatoms. The third-order valence-electron chi connectivity index (χ3n) is 5.52. The van der Waals surface area contributed by atoms with Gasteiger partial charge in [-0.15, -0.1) is 5.10 Å². The Labute approximate surface area is 195 Å². The Morgan fingerprint density at radius 1 is 1.34 bits per heavy atom. The number of nitrogens with zero attached hydrogens (tertiary/aromatic N) is 7. The Hall–Kier alpha value is -2.37. The maximum atomic E-state index is 11.8. The van der Waals surface area contributed by atoms with Crippen LogP contribution in [0.4, 0.5) is 5.69 Å². The summed E-state index contributed by atoms with van der Waals surface area (Å²) in [5.74, 6) is 0.0118. The lowest BCUT2D eigenvalue weighted by atomic mass is 9.63. The molecule has 32 heavy (non-hydrogen) atoms. The molecule has 11 nitrogen and oxygen atoms in total. The predicted octanol–water partition coefficient (Wildman–Crippen LogP) is 1.29. The van der Waals surface area contributed by atoms with Crippen molar-refractivity contribution in [2.75, 3.05) is 13.2 Å². The second kappa shape index (κ2) is 8.87. The van der Waals surface area contributed by atoms with E-state index in [1.54, 1.807) is 16.3 Å². The SMILES string of the molecule is BC(B)(CCn1nc(Cl)c2cnc(Cl)nc21)Oc1nn(C2CCOCC2)c(C)c1[N+](=O)[O-]. The fourth-order valence-corrected chi connectivity index (χ4v) is 4.15. The highest BCUT2D eigenvalue weighted by Gasteiger charge is 2.34. The van der Waals surface area contributed by atoms with E-state index >= 15 is 0 Å². The first-order chi connectivity index (χ1) is 15.2. The van der Waals surface area contributed by atoms with Crippen LogP contribution >= 0.6 is 23.2 Å². The predicted molar refractivity (Wildman–Crippen MR) is 123 cm³/mol. The van der Waals surface area contributed by atoms with Crippen molar-refractivity contribution in [3.8, 4) is 5.88 Å². The summed E-state index contributed by atoms with van der Waals surface area (Å²) in [4.78, 5) is 19.5. The molecule has 0 amide bonds. The number of nitro groups is 1. The molecule has 0 spiro atoms. The van der Waals surface area contributed by atoms with Gasteiger partial charge in [-0.2, -0.15) is 10.1 Å². The molecular weight excluding hydrogens is 459 g/mol. The summed E-state index contributed by atoms with van der Waals surface area (Å²) >= 11 is 12.1. The molecule has 168 valence electrons. The van der Waals surface area contributed by atoms with Gasteiger partial charge in [0.25, 0.3) is 0 Å². The number of hydrogen-bond donors (Lipinski definition) is 0. The van der Waals surface area contributed by atoms with E-state index < -0.39 is 10.3 Å². The molecular formula is C17H21B2Cl2N7O4. The van der Waals surface area contributed by atoms with Crippen molar-refractivity contribution < 1.29 is 14.4 Å². The lowest BCUT2D eigenvalue weighted by Gasteiger charge is -2.25. The largest absolute Gasteiger partial charge is 0.484 e. The van der Waals surface area contributed by atoms with Crippen LogP contribution in [0.1, 0.15) is 31.0 Å². The fourth-order valence-electron chi connectivity index (χ4n) is 3.79. The number of aryl methyl sites for hydroxylation is 1.